The summed E-state index contributed by atoms with van der Waals surface area (Å²) in [4.78, 5) is 14.4. The van der Waals surface area contributed by atoms with Gasteiger partial charge in [-0.25, -0.2) is 4.98 Å². The van der Waals surface area contributed by atoms with E-state index in [0.717, 1.165) is 5.82 Å². The van der Waals surface area contributed by atoms with Crippen LogP contribution in [0.1, 0.15) is 18.7 Å². The molecule has 2 rings (SSSR count). The van der Waals surface area contributed by atoms with Gasteiger partial charge >= 0.3 is 5.97 Å². The van der Waals surface area contributed by atoms with E-state index in [2.05, 4.69) is 15.2 Å². The van der Waals surface area contributed by atoms with E-state index in [0.29, 0.717) is 18.6 Å². The summed E-state index contributed by atoms with van der Waals surface area (Å²) < 4.78 is 1.77. The van der Waals surface area contributed by atoms with Crippen molar-refractivity contribution < 1.29 is 9.90 Å². The molecule has 0 fully saturated rings. The van der Waals surface area contributed by atoms with Gasteiger partial charge in [-0.1, -0.05) is 0 Å². The maximum Gasteiger partial charge on any atom is 0.303 e. The number of aryl methyl sites for hydroxylation is 1. The lowest BCUT2D eigenvalue weighted by Crippen LogP contribution is -1.99. The summed E-state index contributed by atoms with van der Waals surface area (Å²) in [6, 6.07) is 1.79. The Kier molecular flexibility index (Phi) is 2.57. The highest BCUT2D eigenvalue weighted by Crippen LogP contribution is 2.04. The Morgan fingerprint density at radius 3 is 3.13 bits per heavy atom. The van der Waals surface area contributed by atoms with Crippen molar-refractivity contribution in [3.05, 3.63) is 24.3 Å². The van der Waals surface area contributed by atoms with Gasteiger partial charge < -0.3 is 5.11 Å². The van der Waals surface area contributed by atoms with Gasteiger partial charge in [0.05, 0.1) is 0 Å². The largest absolute Gasteiger partial charge is 0.481 e. The third kappa shape index (κ3) is 2.09. The molecule has 0 atom stereocenters. The van der Waals surface area contributed by atoms with Crippen molar-refractivity contribution in [3.8, 4) is 0 Å². The van der Waals surface area contributed by atoms with Crippen LogP contribution in [0.2, 0.25) is 0 Å². The molecule has 6 heteroatoms. The molecule has 0 amide bonds. The molecule has 78 valence electrons. The van der Waals surface area contributed by atoms with Crippen LogP contribution in [0.3, 0.4) is 0 Å². The molecule has 0 spiro atoms. The van der Waals surface area contributed by atoms with Gasteiger partial charge in [0.1, 0.15) is 5.82 Å². The van der Waals surface area contributed by atoms with Gasteiger partial charge in [-0.3, -0.25) is 9.20 Å². The molecule has 0 saturated carbocycles. The van der Waals surface area contributed by atoms with Gasteiger partial charge in [0.15, 0.2) is 0 Å². The van der Waals surface area contributed by atoms with Crippen LogP contribution in [0.15, 0.2) is 18.5 Å². The Morgan fingerprint density at radius 1 is 1.47 bits per heavy atom. The van der Waals surface area contributed by atoms with Gasteiger partial charge in [0.2, 0.25) is 0 Å². The summed E-state index contributed by atoms with van der Waals surface area (Å²) in [5.41, 5.74) is 0. The zero-order chi connectivity index (χ0) is 10.7. The standard InChI is InChI=1S/C9H10N4O2/c14-8(15)4-1-3-7-11-12-9-10-5-2-6-13(7)9/h2,5-6H,1,3-4H2,(H,14,15). The molecule has 2 aromatic rings. The van der Waals surface area contributed by atoms with Crippen LogP contribution < -0.4 is 0 Å². The van der Waals surface area contributed by atoms with E-state index in [1.807, 2.05) is 6.20 Å². The monoisotopic (exact) mass is 206 g/mol. The van der Waals surface area contributed by atoms with Crippen molar-refractivity contribution >= 4 is 11.7 Å². The first-order chi connectivity index (χ1) is 7.27. The van der Waals surface area contributed by atoms with Crippen molar-refractivity contribution in [3.63, 3.8) is 0 Å². The molecule has 0 aliphatic heterocycles. The van der Waals surface area contributed by atoms with Crippen molar-refractivity contribution in [2.45, 2.75) is 19.3 Å². The summed E-state index contributed by atoms with van der Waals surface area (Å²) in [5.74, 6) is 0.504. The predicted octanol–water partition coefficient (Wildman–Crippen LogP) is 0.532. The zero-order valence-corrected chi connectivity index (χ0v) is 8.00. The summed E-state index contributed by atoms with van der Waals surface area (Å²) in [6.45, 7) is 0. The van der Waals surface area contributed by atoms with Gasteiger partial charge in [0, 0.05) is 25.2 Å². The summed E-state index contributed by atoms with van der Waals surface area (Å²) in [7, 11) is 0. The Hall–Kier alpha value is -1.98. The SMILES string of the molecule is O=C(O)CCCc1nnc2ncccn12. The molecule has 0 radical (unpaired) electrons. The molecular weight excluding hydrogens is 196 g/mol. The Balaban J connectivity index is 2.11. The number of carboxylic acid groups (broad SMARTS) is 1. The van der Waals surface area contributed by atoms with Crippen LogP contribution in [0.25, 0.3) is 5.78 Å². The number of carbonyl (C=O) groups is 1. The average Bonchev–Trinajstić information content (AvgIpc) is 2.62. The van der Waals surface area contributed by atoms with Gasteiger partial charge in [-0.05, 0) is 12.5 Å². The first kappa shape index (κ1) is 9.57. The van der Waals surface area contributed by atoms with E-state index >= 15 is 0 Å². The van der Waals surface area contributed by atoms with E-state index in [1.165, 1.54) is 0 Å². The second kappa shape index (κ2) is 4.04. The number of hydrogen-bond donors (Lipinski definition) is 1. The van der Waals surface area contributed by atoms with Crippen LogP contribution in [0, 0.1) is 0 Å². The van der Waals surface area contributed by atoms with Crippen LogP contribution >= 0.6 is 0 Å². The number of aliphatic carboxylic acids is 1. The number of fused-ring (bicyclic) bond motifs is 1. The zero-order valence-electron chi connectivity index (χ0n) is 8.00. The molecule has 0 aliphatic rings. The number of carboxylic acids is 1. The smallest absolute Gasteiger partial charge is 0.303 e. The van der Waals surface area contributed by atoms with E-state index in [9.17, 15) is 4.79 Å². The van der Waals surface area contributed by atoms with Crippen molar-refractivity contribution in [1.29, 1.82) is 0 Å². The fourth-order valence-corrected chi connectivity index (χ4v) is 1.36. The molecule has 0 bridgehead atoms. The fraction of sp³-hybridized carbons (Fsp3) is 0.333. The highest BCUT2D eigenvalue weighted by molar-refractivity contribution is 5.66. The molecule has 0 saturated heterocycles. The molecule has 15 heavy (non-hydrogen) atoms. The predicted molar refractivity (Wildman–Crippen MR) is 51.4 cm³/mol. The third-order valence-corrected chi connectivity index (χ3v) is 2.05. The molecular formula is C9H10N4O2. The summed E-state index contributed by atoms with van der Waals surface area (Å²) in [6.07, 6.45) is 4.77. The van der Waals surface area contributed by atoms with Gasteiger partial charge in [-0.2, -0.15) is 0 Å². The van der Waals surface area contributed by atoms with Crippen molar-refractivity contribution in [1.82, 2.24) is 19.6 Å². The first-order valence-corrected chi connectivity index (χ1v) is 4.64. The van der Waals surface area contributed by atoms with Crippen LogP contribution in [-0.4, -0.2) is 30.7 Å². The van der Waals surface area contributed by atoms with E-state index in [1.54, 1.807) is 16.7 Å². The van der Waals surface area contributed by atoms with Gasteiger partial charge in [-0.15, -0.1) is 10.2 Å². The molecule has 0 unspecified atom stereocenters. The van der Waals surface area contributed by atoms with Crippen molar-refractivity contribution in [2.24, 2.45) is 0 Å². The highest BCUT2D eigenvalue weighted by atomic mass is 16.4. The summed E-state index contributed by atoms with van der Waals surface area (Å²) >= 11 is 0. The lowest BCUT2D eigenvalue weighted by atomic mass is 10.2. The van der Waals surface area contributed by atoms with E-state index in [4.69, 9.17) is 5.11 Å². The molecule has 0 aliphatic carbocycles. The van der Waals surface area contributed by atoms with Crippen LogP contribution in [0.4, 0.5) is 0 Å². The number of hydrogen-bond acceptors (Lipinski definition) is 4. The molecule has 2 aromatic heterocycles. The second-order valence-electron chi connectivity index (χ2n) is 3.15. The molecule has 6 nitrogen and oxygen atoms in total. The normalized spacial score (nSPS) is 10.7. The highest BCUT2D eigenvalue weighted by Gasteiger charge is 2.05. The summed E-state index contributed by atoms with van der Waals surface area (Å²) in [5, 5.41) is 16.3. The second-order valence-corrected chi connectivity index (χ2v) is 3.15. The minimum atomic E-state index is -0.790. The van der Waals surface area contributed by atoms with Crippen molar-refractivity contribution in [2.75, 3.05) is 0 Å². The number of nitrogens with zero attached hydrogens (tertiary/aromatic N) is 4. The lowest BCUT2D eigenvalue weighted by molar-refractivity contribution is -0.137. The number of rotatable bonds is 4. The Labute approximate surface area is 85.6 Å². The molecule has 0 aromatic carbocycles. The van der Waals surface area contributed by atoms with Gasteiger partial charge in [0.25, 0.3) is 5.78 Å². The molecule has 1 N–H and O–H groups in total. The number of aromatic nitrogens is 4. The van der Waals surface area contributed by atoms with Crippen LogP contribution in [0.5, 0.6) is 0 Å². The topological polar surface area (TPSA) is 80.4 Å². The third-order valence-electron chi connectivity index (χ3n) is 2.05. The fourth-order valence-electron chi connectivity index (χ4n) is 1.36. The van der Waals surface area contributed by atoms with Crippen LogP contribution in [-0.2, 0) is 11.2 Å². The minimum absolute atomic E-state index is 0.148. The maximum absolute atomic E-state index is 10.3. The van der Waals surface area contributed by atoms with E-state index in [-0.39, 0.29) is 6.42 Å². The minimum Gasteiger partial charge on any atom is -0.481 e. The quantitative estimate of drug-likeness (QED) is 0.789. The Morgan fingerprint density at radius 2 is 2.33 bits per heavy atom. The van der Waals surface area contributed by atoms with E-state index < -0.39 is 5.97 Å². The molecule has 2 heterocycles. The Bertz CT molecular complexity index is 480. The maximum atomic E-state index is 10.3. The average molecular weight is 206 g/mol. The lowest BCUT2D eigenvalue weighted by Gasteiger charge is -1.96. The first-order valence-electron chi connectivity index (χ1n) is 4.64.